The average Bonchev–Trinajstić information content (AvgIpc) is 2.61. The second kappa shape index (κ2) is 9.17. The zero-order chi connectivity index (χ0) is 17.4. The van der Waals surface area contributed by atoms with Crippen molar-refractivity contribution in [1.29, 1.82) is 0 Å². The molecule has 0 atom stereocenters. The molecule has 0 radical (unpaired) electrons. The van der Waals surface area contributed by atoms with Crippen molar-refractivity contribution in [1.82, 2.24) is 4.98 Å². The highest BCUT2D eigenvalue weighted by Crippen LogP contribution is 2.26. The molecule has 0 N–H and O–H groups in total. The van der Waals surface area contributed by atoms with E-state index in [4.69, 9.17) is 14.2 Å². The van der Waals surface area contributed by atoms with Crippen molar-refractivity contribution < 1.29 is 19.0 Å². The first-order valence-corrected chi connectivity index (χ1v) is 8.72. The van der Waals surface area contributed by atoms with E-state index >= 15 is 0 Å². The predicted molar refractivity (Wildman–Crippen MR) is 93.9 cm³/mol. The number of aromatic nitrogens is 1. The van der Waals surface area contributed by atoms with Crippen LogP contribution in [-0.4, -0.2) is 30.4 Å². The summed E-state index contributed by atoms with van der Waals surface area (Å²) in [6, 6.07) is 9.50. The molecule has 0 unspecified atom stereocenters. The lowest BCUT2D eigenvalue weighted by Crippen LogP contribution is -2.09. The van der Waals surface area contributed by atoms with E-state index in [9.17, 15) is 4.79 Å². The molecule has 1 aromatic carbocycles. The van der Waals surface area contributed by atoms with Crippen LogP contribution in [0.15, 0.2) is 41.4 Å². The monoisotopic (exact) mass is 347 g/mol. The van der Waals surface area contributed by atoms with Crippen LogP contribution in [0.2, 0.25) is 0 Å². The van der Waals surface area contributed by atoms with Crippen LogP contribution >= 0.6 is 11.8 Å². The third kappa shape index (κ3) is 4.89. The molecule has 0 aliphatic carbocycles. The molecule has 0 saturated heterocycles. The van der Waals surface area contributed by atoms with E-state index in [0.29, 0.717) is 24.7 Å². The Bertz CT molecular complexity index is 673. The topological polar surface area (TPSA) is 57.7 Å². The molecule has 0 fully saturated rings. The lowest BCUT2D eigenvalue weighted by molar-refractivity contribution is 0.0515. The van der Waals surface area contributed by atoms with Gasteiger partial charge in [-0.05, 0) is 36.4 Å². The molecule has 0 amide bonds. The van der Waals surface area contributed by atoms with Crippen molar-refractivity contribution in [3.05, 3.63) is 47.8 Å². The number of hydrogen-bond acceptors (Lipinski definition) is 6. The molecule has 6 heteroatoms. The molecule has 0 spiro atoms. The van der Waals surface area contributed by atoms with Crippen LogP contribution in [0.3, 0.4) is 0 Å². The van der Waals surface area contributed by atoms with Crippen LogP contribution in [-0.2, 0) is 11.3 Å². The van der Waals surface area contributed by atoms with Gasteiger partial charge in [0.05, 0.1) is 19.9 Å². The van der Waals surface area contributed by atoms with Gasteiger partial charge >= 0.3 is 5.97 Å². The van der Waals surface area contributed by atoms with Gasteiger partial charge in [-0.25, -0.2) is 9.78 Å². The second-order valence-electron chi connectivity index (χ2n) is 4.81. The normalized spacial score (nSPS) is 10.3. The fourth-order valence-electron chi connectivity index (χ4n) is 2.01. The first-order chi connectivity index (χ1) is 11.7. The van der Waals surface area contributed by atoms with Crippen LogP contribution in [0.5, 0.6) is 11.5 Å². The predicted octanol–water partition coefficient (Wildman–Crippen LogP) is 3.96. The summed E-state index contributed by atoms with van der Waals surface area (Å²) in [6.07, 6.45) is 1.55. The Balaban J connectivity index is 2.09. The van der Waals surface area contributed by atoms with Crippen molar-refractivity contribution in [2.45, 2.75) is 25.3 Å². The standard InChI is InChI=1S/C18H21NO4S/c1-4-22-18(20)17-16(24-5-2)10-15(11-19-17)23-12-13-6-8-14(21-3)9-7-13/h6-11H,4-5,12H2,1-3H3. The third-order valence-electron chi connectivity index (χ3n) is 3.16. The molecule has 2 rings (SSSR count). The minimum Gasteiger partial charge on any atom is -0.497 e. The number of rotatable bonds is 8. The highest BCUT2D eigenvalue weighted by atomic mass is 32.2. The summed E-state index contributed by atoms with van der Waals surface area (Å²) in [5, 5.41) is 0. The van der Waals surface area contributed by atoms with E-state index in [1.165, 1.54) is 11.8 Å². The van der Waals surface area contributed by atoms with Gasteiger partial charge in [0.1, 0.15) is 18.1 Å². The number of methoxy groups -OCH3 is 1. The van der Waals surface area contributed by atoms with Crippen LogP contribution < -0.4 is 9.47 Å². The van der Waals surface area contributed by atoms with Gasteiger partial charge in [0.25, 0.3) is 0 Å². The number of carbonyl (C=O) groups is 1. The number of esters is 1. The lowest BCUT2D eigenvalue weighted by atomic mass is 10.2. The zero-order valence-electron chi connectivity index (χ0n) is 14.1. The van der Waals surface area contributed by atoms with Crippen molar-refractivity contribution in [3.8, 4) is 11.5 Å². The molecule has 2 aromatic rings. The van der Waals surface area contributed by atoms with Crippen molar-refractivity contribution in [2.75, 3.05) is 19.5 Å². The van der Waals surface area contributed by atoms with Crippen LogP contribution in [0.1, 0.15) is 29.9 Å². The van der Waals surface area contributed by atoms with Gasteiger partial charge in [0.2, 0.25) is 0 Å². The van der Waals surface area contributed by atoms with E-state index in [1.807, 2.05) is 37.3 Å². The Morgan fingerprint density at radius 2 is 1.92 bits per heavy atom. The van der Waals surface area contributed by atoms with E-state index in [-0.39, 0.29) is 0 Å². The first-order valence-electron chi connectivity index (χ1n) is 7.73. The summed E-state index contributed by atoms with van der Waals surface area (Å²) in [7, 11) is 1.63. The molecule has 0 aliphatic rings. The molecular formula is C18H21NO4S. The van der Waals surface area contributed by atoms with Crippen LogP contribution in [0.25, 0.3) is 0 Å². The quantitative estimate of drug-likeness (QED) is 0.532. The van der Waals surface area contributed by atoms with Gasteiger partial charge in [-0.2, -0.15) is 0 Å². The number of carbonyl (C=O) groups excluding carboxylic acids is 1. The maximum atomic E-state index is 11.9. The molecule has 128 valence electrons. The summed E-state index contributed by atoms with van der Waals surface area (Å²) in [5.41, 5.74) is 1.36. The molecule has 0 saturated carbocycles. The molecule has 0 aliphatic heterocycles. The fraction of sp³-hybridized carbons (Fsp3) is 0.333. The van der Waals surface area contributed by atoms with E-state index in [2.05, 4.69) is 4.98 Å². The van der Waals surface area contributed by atoms with Gasteiger partial charge in [0.15, 0.2) is 5.69 Å². The van der Waals surface area contributed by atoms with Gasteiger partial charge in [-0.1, -0.05) is 19.1 Å². The molecule has 5 nitrogen and oxygen atoms in total. The summed E-state index contributed by atoms with van der Waals surface area (Å²) >= 11 is 1.54. The largest absolute Gasteiger partial charge is 0.497 e. The van der Waals surface area contributed by atoms with Crippen molar-refractivity contribution in [3.63, 3.8) is 0 Å². The lowest BCUT2D eigenvalue weighted by Gasteiger charge is -2.11. The summed E-state index contributed by atoms with van der Waals surface area (Å²) in [5.74, 6) is 1.85. The number of ether oxygens (including phenoxy) is 3. The summed E-state index contributed by atoms with van der Waals surface area (Å²) < 4.78 is 15.9. The second-order valence-corrected chi connectivity index (χ2v) is 6.11. The molecule has 0 bridgehead atoms. The van der Waals surface area contributed by atoms with Gasteiger partial charge in [0, 0.05) is 4.90 Å². The van der Waals surface area contributed by atoms with Gasteiger partial charge < -0.3 is 14.2 Å². The average molecular weight is 347 g/mol. The third-order valence-corrected chi connectivity index (χ3v) is 4.07. The minimum atomic E-state index is -0.407. The summed E-state index contributed by atoms with van der Waals surface area (Å²) in [6.45, 7) is 4.54. The smallest absolute Gasteiger partial charge is 0.358 e. The number of pyridine rings is 1. The number of thioether (sulfide) groups is 1. The Labute approximate surface area is 146 Å². The number of hydrogen-bond donors (Lipinski definition) is 0. The fourth-order valence-corrected chi connectivity index (χ4v) is 2.80. The Kier molecular flexibility index (Phi) is 6.93. The number of benzene rings is 1. The minimum absolute atomic E-state index is 0.326. The SMILES string of the molecule is CCOC(=O)c1ncc(OCc2ccc(OC)cc2)cc1SCC. The van der Waals surface area contributed by atoms with E-state index < -0.39 is 5.97 Å². The van der Waals surface area contributed by atoms with Gasteiger partial charge in [-0.15, -0.1) is 11.8 Å². The summed E-state index contributed by atoms with van der Waals surface area (Å²) in [4.78, 5) is 16.9. The maximum Gasteiger partial charge on any atom is 0.358 e. The maximum absolute atomic E-state index is 11.9. The Morgan fingerprint density at radius 3 is 2.54 bits per heavy atom. The Hall–Kier alpha value is -2.21. The molecular weight excluding hydrogens is 326 g/mol. The van der Waals surface area contributed by atoms with E-state index in [1.54, 1.807) is 20.2 Å². The number of nitrogens with zero attached hydrogens (tertiary/aromatic N) is 1. The molecule has 24 heavy (non-hydrogen) atoms. The zero-order valence-corrected chi connectivity index (χ0v) is 14.9. The highest BCUT2D eigenvalue weighted by molar-refractivity contribution is 7.99. The van der Waals surface area contributed by atoms with E-state index in [0.717, 1.165) is 22.0 Å². The molecule has 1 aromatic heterocycles. The highest BCUT2D eigenvalue weighted by Gasteiger charge is 2.15. The van der Waals surface area contributed by atoms with Crippen LogP contribution in [0, 0.1) is 0 Å². The molecule has 1 heterocycles. The van der Waals surface area contributed by atoms with Crippen molar-refractivity contribution in [2.24, 2.45) is 0 Å². The van der Waals surface area contributed by atoms with Crippen LogP contribution in [0.4, 0.5) is 0 Å². The van der Waals surface area contributed by atoms with Crippen molar-refractivity contribution >= 4 is 17.7 Å². The first kappa shape index (κ1) is 18.1. The Morgan fingerprint density at radius 1 is 1.17 bits per heavy atom. The van der Waals surface area contributed by atoms with Gasteiger partial charge in [-0.3, -0.25) is 0 Å².